The first-order valence-electron chi connectivity index (χ1n) is 5.86. The van der Waals surface area contributed by atoms with Crippen LogP contribution in [-0.2, 0) is 0 Å². The zero-order valence-corrected chi connectivity index (χ0v) is 8.73. The molecule has 1 nitrogen and oxygen atoms in total. The molecule has 0 unspecified atom stereocenters. The van der Waals surface area contributed by atoms with Crippen LogP contribution in [0.25, 0.3) is 0 Å². The predicted molar refractivity (Wildman–Crippen MR) is 58.9 cm³/mol. The summed E-state index contributed by atoms with van der Waals surface area (Å²) in [6.07, 6.45) is 15.7. The highest BCUT2D eigenvalue weighted by molar-refractivity contribution is 4.83. The molecule has 0 atom stereocenters. The third-order valence-corrected chi connectivity index (χ3v) is 2.62. The van der Waals surface area contributed by atoms with E-state index in [2.05, 4.69) is 17.5 Å². The van der Waals surface area contributed by atoms with Crippen LogP contribution in [0.15, 0.2) is 12.2 Å². The highest BCUT2D eigenvalue weighted by atomic mass is 14.9. The van der Waals surface area contributed by atoms with Gasteiger partial charge in [-0.1, -0.05) is 25.0 Å². The first-order valence-corrected chi connectivity index (χ1v) is 5.86. The van der Waals surface area contributed by atoms with Crippen molar-refractivity contribution in [2.45, 2.75) is 51.4 Å². The van der Waals surface area contributed by atoms with Gasteiger partial charge in [0.25, 0.3) is 0 Å². The van der Waals surface area contributed by atoms with E-state index in [1.807, 2.05) is 0 Å². The second-order valence-electron chi connectivity index (χ2n) is 3.92. The Morgan fingerprint density at radius 2 is 1.15 bits per heavy atom. The molecule has 1 aliphatic carbocycles. The number of hydrogen-bond acceptors (Lipinski definition) is 1. The molecule has 0 aromatic rings. The Morgan fingerprint density at radius 1 is 0.615 bits per heavy atom. The van der Waals surface area contributed by atoms with Crippen LogP contribution in [0.2, 0.25) is 0 Å². The smallest absolute Gasteiger partial charge is 0.00489 e. The highest BCUT2D eigenvalue weighted by Gasteiger charge is 1.93. The van der Waals surface area contributed by atoms with Gasteiger partial charge in [0.1, 0.15) is 0 Å². The number of hydrogen-bond donors (Lipinski definition) is 1. The van der Waals surface area contributed by atoms with E-state index in [4.69, 9.17) is 0 Å². The Balaban J connectivity index is 0.000000132. The zero-order chi connectivity index (χ0) is 9.19. The number of rotatable bonds is 0. The largest absolute Gasteiger partial charge is 0.317 e. The van der Waals surface area contributed by atoms with Gasteiger partial charge < -0.3 is 5.32 Å². The first kappa shape index (κ1) is 10.8. The van der Waals surface area contributed by atoms with Crippen LogP contribution >= 0.6 is 0 Å². The summed E-state index contributed by atoms with van der Waals surface area (Å²) in [5, 5.41) is 3.28. The fourth-order valence-corrected chi connectivity index (χ4v) is 1.74. The van der Waals surface area contributed by atoms with Crippen LogP contribution in [0.4, 0.5) is 0 Å². The van der Waals surface area contributed by atoms with E-state index in [0.29, 0.717) is 0 Å². The summed E-state index contributed by atoms with van der Waals surface area (Å²) in [5.74, 6) is 0. The van der Waals surface area contributed by atoms with Crippen molar-refractivity contribution in [3.05, 3.63) is 12.2 Å². The third-order valence-electron chi connectivity index (χ3n) is 2.62. The number of allylic oxidation sites excluding steroid dienone is 2. The Hall–Kier alpha value is -0.300. The van der Waals surface area contributed by atoms with Crippen LogP contribution in [0.5, 0.6) is 0 Å². The molecule has 0 spiro atoms. The van der Waals surface area contributed by atoms with Crippen molar-refractivity contribution < 1.29 is 0 Å². The van der Waals surface area contributed by atoms with E-state index in [-0.39, 0.29) is 0 Å². The van der Waals surface area contributed by atoms with Gasteiger partial charge in [-0.05, 0) is 51.6 Å². The maximum absolute atomic E-state index is 3.28. The average Bonchev–Trinajstić information content (AvgIpc) is 2.53. The normalized spacial score (nSPS) is 22.8. The lowest BCUT2D eigenvalue weighted by Gasteiger charge is -2.08. The Labute approximate surface area is 82.6 Å². The standard InChI is InChI=1S/C7H12.C5H11N/c1-2-4-6-7-5-3-1;1-2-4-6-5-3-1/h1-2H,3-7H2;6H,1-5H2. The van der Waals surface area contributed by atoms with Crippen molar-refractivity contribution >= 4 is 0 Å². The van der Waals surface area contributed by atoms with E-state index in [0.717, 1.165) is 0 Å². The predicted octanol–water partition coefficient (Wildman–Crippen LogP) is 3.27. The van der Waals surface area contributed by atoms with Crippen LogP contribution in [0.1, 0.15) is 51.4 Å². The third kappa shape index (κ3) is 6.83. The van der Waals surface area contributed by atoms with E-state index >= 15 is 0 Å². The quantitative estimate of drug-likeness (QED) is 0.566. The van der Waals surface area contributed by atoms with Gasteiger partial charge in [-0.15, -0.1) is 0 Å². The summed E-state index contributed by atoms with van der Waals surface area (Å²) >= 11 is 0. The fraction of sp³-hybridized carbons (Fsp3) is 0.833. The molecule has 0 bridgehead atoms. The maximum atomic E-state index is 3.28. The lowest BCUT2D eigenvalue weighted by molar-refractivity contribution is 0.520. The molecular weight excluding hydrogens is 158 g/mol. The van der Waals surface area contributed by atoms with Crippen molar-refractivity contribution in [2.24, 2.45) is 0 Å². The molecule has 2 aliphatic rings. The number of nitrogens with one attached hydrogen (secondary N) is 1. The summed E-state index contributed by atoms with van der Waals surface area (Å²) in [6, 6.07) is 0. The Morgan fingerprint density at radius 3 is 1.54 bits per heavy atom. The van der Waals surface area contributed by atoms with Crippen LogP contribution < -0.4 is 5.32 Å². The minimum Gasteiger partial charge on any atom is -0.317 e. The molecule has 1 aliphatic heterocycles. The van der Waals surface area contributed by atoms with Crippen molar-refractivity contribution in [3.8, 4) is 0 Å². The molecule has 1 fully saturated rings. The Kier molecular flexibility index (Phi) is 6.89. The topological polar surface area (TPSA) is 12.0 Å². The SMILES string of the molecule is C1=CCCCCC1.C1CCNCC1. The zero-order valence-electron chi connectivity index (χ0n) is 8.73. The fourth-order valence-electron chi connectivity index (χ4n) is 1.74. The molecule has 1 saturated heterocycles. The van der Waals surface area contributed by atoms with Crippen molar-refractivity contribution in [3.63, 3.8) is 0 Å². The summed E-state index contributed by atoms with van der Waals surface area (Å²) in [4.78, 5) is 0. The van der Waals surface area contributed by atoms with Gasteiger partial charge in [0, 0.05) is 0 Å². The lowest BCUT2D eigenvalue weighted by atomic mass is 10.2. The van der Waals surface area contributed by atoms with Crippen LogP contribution in [0.3, 0.4) is 0 Å². The van der Waals surface area contributed by atoms with Crippen LogP contribution in [0, 0.1) is 0 Å². The monoisotopic (exact) mass is 181 g/mol. The molecular formula is C12H23N. The molecule has 1 N–H and O–H groups in total. The molecule has 0 aromatic heterocycles. The lowest BCUT2D eigenvalue weighted by Crippen LogP contribution is -2.21. The highest BCUT2D eigenvalue weighted by Crippen LogP contribution is 2.08. The van der Waals surface area contributed by atoms with E-state index in [9.17, 15) is 0 Å². The molecule has 13 heavy (non-hydrogen) atoms. The van der Waals surface area contributed by atoms with Gasteiger partial charge in [0.2, 0.25) is 0 Å². The summed E-state index contributed by atoms with van der Waals surface area (Å²) in [5.41, 5.74) is 0. The Bertz CT molecular complexity index is 106. The van der Waals surface area contributed by atoms with E-state index in [1.54, 1.807) is 0 Å². The molecule has 2 rings (SSSR count). The molecule has 0 radical (unpaired) electrons. The van der Waals surface area contributed by atoms with Gasteiger partial charge in [0.15, 0.2) is 0 Å². The second-order valence-corrected chi connectivity index (χ2v) is 3.92. The molecule has 1 heteroatoms. The summed E-state index contributed by atoms with van der Waals surface area (Å²) < 4.78 is 0. The van der Waals surface area contributed by atoms with Crippen LogP contribution in [-0.4, -0.2) is 13.1 Å². The van der Waals surface area contributed by atoms with Crippen molar-refractivity contribution in [1.82, 2.24) is 5.32 Å². The van der Waals surface area contributed by atoms with Gasteiger partial charge in [-0.3, -0.25) is 0 Å². The molecule has 76 valence electrons. The van der Waals surface area contributed by atoms with E-state index in [1.165, 1.54) is 64.5 Å². The van der Waals surface area contributed by atoms with Gasteiger partial charge in [-0.25, -0.2) is 0 Å². The van der Waals surface area contributed by atoms with Gasteiger partial charge in [-0.2, -0.15) is 0 Å². The minimum absolute atomic E-state index is 1.25. The maximum Gasteiger partial charge on any atom is -0.00489 e. The molecule has 1 heterocycles. The summed E-state index contributed by atoms with van der Waals surface area (Å²) in [6.45, 7) is 2.50. The van der Waals surface area contributed by atoms with E-state index < -0.39 is 0 Å². The number of piperidine rings is 1. The van der Waals surface area contributed by atoms with Crippen molar-refractivity contribution in [1.29, 1.82) is 0 Å². The molecule has 0 amide bonds. The second kappa shape index (κ2) is 8.31. The average molecular weight is 181 g/mol. The van der Waals surface area contributed by atoms with Crippen molar-refractivity contribution in [2.75, 3.05) is 13.1 Å². The molecule has 0 aromatic carbocycles. The summed E-state index contributed by atoms with van der Waals surface area (Å²) in [7, 11) is 0. The minimum atomic E-state index is 1.25. The van der Waals surface area contributed by atoms with Gasteiger partial charge >= 0.3 is 0 Å². The van der Waals surface area contributed by atoms with Gasteiger partial charge in [0.05, 0.1) is 0 Å². The first-order chi connectivity index (χ1) is 6.50. The molecule has 0 saturated carbocycles.